The van der Waals surface area contributed by atoms with Crippen LogP contribution in [-0.2, 0) is 16.6 Å². The van der Waals surface area contributed by atoms with Crippen LogP contribution in [-0.4, -0.2) is 33.2 Å². The molecule has 1 aromatic carbocycles. The van der Waals surface area contributed by atoms with Gasteiger partial charge in [-0.3, -0.25) is 9.59 Å². The Morgan fingerprint density at radius 2 is 1.94 bits per heavy atom. The van der Waals surface area contributed by atoms with Crippen LogP contribution in [0.2, 0.25) is 0 Å². The highest BCUT2D eigenvalue weighted by Gasteiger charge is 2.29. The van der Waals surface area contributed by atoms with Crippen LogP contribution in [0.3, 0.4) is 0 Å². The summed E-state index contributed by atoms with van der Waals surface area (Å²) >= 11 is 0. The van der Waals surface area contributed by atoms with E-state index in [1.807, 2.05) is 51.1 Å². The Kier molecular flexibility index (Phi) is 5.63. The molecule has 0 saturated heterocycles. The van der Waals surface area contributed by atoms with Crippen LogP contribution >= 0.6 is 0 Å². The first kappa shape index (κ1) is 20.8. The number of benzene rings is 1. The SMILES string of the molecule is Cc1cc(C)c2c(OCC(=O)NC(C)c3ccc(NC(=O)C4CC4)cc3)nn(C)c2n1. The summed E-state index contributed by atoms with van der Waals surface area (Å²) in [6.07, 6.45) is 1.94. The van der Waals surface area contributed by atoms with E-state index in [-0.39, 0.29) is 30.4 Å². The lowest BCUT2D eigenvalue weighted by atomic mass is 10.1. The topological polar surface area (TPSA) is 98.1 Å². The second kappa shape index (κ2) is 8.37. The minimum Gasteiger partial charge on any atom is -0.466 e. The van der Waals surface area contributed by atoms with Crippen molar-refractivity contribution in [3.8, 4) is 5.88 Å². The lowest BCUT2D eigenvalue weighted by molar-refractivity contribution is -0.123. The Labute approximate surface area is 181 Å². The molecule has 8 nitrogen and oxygen atoms in total. The van der Waals surface area contributed by atoms with Crippen LogP contribution in [0.5, 0.6) is 5.88 Å². The number of fused-ring (bicyclic) bond motifs is 1. The van der Waals surface area contributed by atoms with Gasteiger partial charge < -0.3 is 15.4 Å². The number of aromatic nitrogens is 3. The molecule has 2 heterocycles. The maximum atomic E-state index is 12.4. The molecule has 2 aromatic heterocycles. The molecule has 4 rings (SSSR count). The fourth-order valence-electron chi connectivity index (χ4n) is 3.60. The van der Waals surface area contributed by atoms with Crippen molar-refractivity contribution in [2.75, 3.05) is 11.9 Å². The standard InChI is InChI=1S/C23H27N5O3/c1-13-11-14(2)24-21-20(13)23(27-28(21)4)31-12-19(29)25-15(3)16-7-9-18(10-8-16)26-22(30)17-5-6-17/h7-11,15,17H,5-6,12H2,1-4H3,(H,25,29)(H,26,30). The van der Waals surface area contributed by atoms with Gasteiger partial charge in [0.05, 0.1) is 11.4 Å². The van der Waals surface area contributed by atoms with Gasteiger partial charge in [0.15, 0.2) is 12.3 Å². The van der Waals surface area contributed by atoms with Crippen molar-refractivity contribution in [1.29, 1.82) is 0 Å². The molecule has 0 radical (unpaired) electrons. The van der Waals surface area contributed by atoms with Gasteiger partial charge >= 0.3 is 0 Å². The zero-order valence-electron chi connectivity index (χ0n) is 18.2. The summed E-state index contributed by atoms with van der Waals surface area (Å²) in [5.74, 6) is 0.405. The van der Waals surface area contributed by atoms with E-state index in [4.69, 9.17) is 4.74 Å². The molecule has 8 heteroatoms. The van der Waals surface area contributed by atoms with E-state index in [2.05, 4.69) is 20.7 Å². The zero-order valence-corrected chi connectivity index (χ0v) is 18.2. The molecule has 0 bridgehead atoms. The zero-order chi connectivity index (χ0) is 22.1. The molecular formula is C23H27N5O3. The first-order valence-electron chi connectivity index (χ1n) is 10.5. The Morgan fingerprint density at radius 3 is 2.61 bits per heavy atom. The number of ether oxygens (including phenoxy) is 1. The van der Waals surface area contributed by atoms with Crippen molar-refractivity contribution in [3.05, 3.63) is 47.2 Å². The minimum atomic E-state index is -0.241. The van der Waals surface area contributed by atoms with Gasteiger partial charge in [0.25, 0.3) is 5.91 Å². The van der Waals surface area contributed by atoms with Crippen molar-refractivity contribution in [2.45, 2.75) is 39.7 Å². The van der Waals surface area contributed by atoms with Gasteiger partial charge in [0.1, 0.15) is 0 Å². The largest absolute Gasteiger partial charge is 0.466 e. The van der Waals surface area contributed by atoms with Crippen LogP contribution < -0.4 is 15.4 Å². The maximum absolute atomic E-state index is 12.4. The Hall–Kier alpha value is -3.42. The summed E-state index contributed by atoms with van der Waals surface area (Å²) in [6.45, 7) is 5.68. The third-order valence-corrected chi connectivity index (χ3v) is 5.43. The highest BCUT2D eigenvalue weighted by atomic mass is 16.5. The van der Waals surface area contributed by atoms with Crippen LogP contribution in [0, 0.1) is 19.8 Å². The molecule has 2 amide bonds. The van der Waals surface area contributed by atoms with Crippen LogP contribution in [0.15, 0.2) is 30.3 Å². The van der Waals surface area contributed by atoms with Crippen molar-refractivity contribution >= 4 is 28.5 Å². The number of anilines is 1. The Morgan fingerprint density at radius 1 is 1.23 bits per heavy atom. The van der Waals surface area contributed by atoms with Crippen LogP contribution in [0.1, 0.15) is 42.6 Å². The van der Waals surface area contributed by atoms with E-state index in [9.17, 15) is 9.59 Å². The van der Waals surface area contributed by atoms with E-state index in [1.54, 1.807) is 11.7 Å². The molecule has 0 spiro atoms. The average molecular weight is 422 g/mol. The smallest absolute Gasteiger partial charge is 0.258 e. The van der Waals surface area contributed by atoms with Crippen LogP contribution in [0.4, 0.5) is 5.69 Å². The third-order valence-electron chi connectivity index (χ3n) is 5.43. The van der Waals surface area contributed by atoms with Gasteiger partial charge in [-0.25, -0.2) is 9.67 Å². The van der Waals surface area contributed by atoms with E-state index in [1.165, 1.54) is 0 Å². The summed E-state index contributed by atoms with van der Waals surface area (Å²) in [6, 6.07) is 9.28. The van der Waals surface area contributed by atoms with Crippen LogP contribution in [0.25, 0.3) is 11.0 Å². The number of carbonyl (C=O) groups is 2. The Bertz CT molecular complexity index is 1130. The van der Waals surface area contributed by atoms with Gasteiger partial charge in [0, 0.05) is 24.3 Å². The number of nitrogens with one attached hydrogen (secondary N) is 2. The van der Waals surface area contributed by atoms with E-state index in [0.717, 1.165) is 46.4 Å². The van der Waals surface area contributed by atoms with Gasteiger partial charge in [-0.05, 0) is 62.9 Å². The monoisotopic (exact) mass is 421 g/mol. The first-order chi connectivity index (χ1) is 14.8. The lowest BCUT2D eigenvalue weighted by Gasteiger charge is -2.15. The van der Waals surface area contributed by atoms with E-state index < -0.39 is 0 Å². The predicted octanol–water partition coefficient (Wildman–Crippen LogP) is 3.19. The van der Waals surface area contributed by atoms with Gasteiger partial charge in [-0.15, -0.1) is 5.10 Å². The van der Waals surface area contributed by atoms with Gasteiger partial charge in [-0.2, -0.15) is 0 Å². The Balaban J connectivity index is 1.34. The molecule has 31 heavy (non-hydrogen) atoms. The molecule has 2 N–H and O–H groups in total. The molecular weight excluding hydrogens is 394 g/mol. The highest BCUT2D eigenvalue weighted by Crippen LogP contribution is 2.30. The van der Waals surface area contributed by atoms with E-state index >= 15 is 0 Å². The number of hydrogen-bond donors (Lipinski definition) is 2. The third kappa shape index (κ3) is 4.68. The predicted molar refractivity (Wildman–Crippen MR) is 118 cm³/mol. The number of rotatable bonds is 7. The lowest BCUT2D eigenvalue weighted by Crippen LogP contribution is -2.31. The quantitative estimate of drug-likeness (QED) is 0.611. The molecule has 1 aliphatic rings. The second-order valence-corrected chi connectivity index (χ2v) is 8.17. The number of hydrogen-bond acceptors (Lipinski definition) is 5. The number of aryl methyl sites for hydroxylation is 3. The molecule has 0 aliphatic heterocycles. The fraction of sp³-hybridized carbons (Fsp3) is 0.391. The van der Waals surface area contributed by atoms with Crippen molar-refractivity contribution in [1.82, 2.24) is 20.1 Å². The minimum absolute atomic E-state index is 0.0777. The molecule has 1 atom stereocenters. The first-order valence-corrected chi connectivity index (χ1v) is 10.5. The van der Waals surface area contributed by atoms with Crippen molar-refractivity contribution < 1.29 is 14.3 Å². The summed E-state index contributed by atoms with van der Waals surface area (Å²) in [5, 5.41) is 11.0. The fourth-order valence-corrected chi connectivity index (χ4v) is 3.60. The molecule has 1 saturated carbocycles. The molecule has 162 valence electrons. The van der Waals surface area contributed by atoms with Crippen molar-refractivity contribution in [2.24, 2.45) is 13.0 Å². The van der Waals surface area contributed by atoms with Crippen molar-refractivity contribution in [3.63, 3.8) is 0 Å². The highest BCUT2D eigenvalue weighted by molar-refractivity contribution is 5.94. The number of carbonyl (C=O) groups excluding carboxylic acids is 2. The maximum Gasteiger partial charge on any atom is 0.258 e. The normalized spacial score (nSPS) is 14.3. The summed E-state index contributed by atoms with van der Waals surface area (Å²) in [5.41, 5.74) is 4.35. The number of amides is 2. The summed E-state index contributed by atoms with van der Waals surface area (Å²) < 4.78 is 7.38. The summed E-state index contributed by atoms with van der Waals surface area (Å²) in [4.78, 5) is 28.8. The number of pyridine rings is 1. The molecule has 1 fully saturated rings. The number of nitrogens with zero attached hydrogens (tertiary/aromatic N) is 3. The summed E-state index contributed by atoms with van der Waals surface area (Å²) in [7, 11) is 1.81. The molecule has 1 unspecified atom stereocenters. The van der Waals surface area contributed by atoms with E-state index in [0.29, 0.717) is 5.88 Å². The molecule has 3 aromatic rings. The average Bonchev–Trinajstić information content (AvgIpc) is 3.52. The second-order valence-electron chi connectivity index (χ2n) is 8.17. The molecule has 1 aliphatic carbocycles. The van der Waals surface area contributed by atoms with Gasteiger partial charge in [0.2, 0.25) is 11.8 Å². The van der Waals surface area contributed by atoms with Gasteiger partial charge in [-0.1, -0.05) is 12.1 Å².